The summed E-state index contributed by atoms with van der Waals surface area (Å²) in [6.45, 7) is 3.33. The third-order valence-electron chi connectivity index (χ3n) is 4.21. The number of benzene rings is 2. The lowest BCUT2D eigenvalue weighted by Crippen LogP contribution is -2.15. The van der Waals surface area contributed by atoms with Gasteiger partial charge in [0.15, 0.2) is 5.78 Å². The van der Waals surface area contributed by atoms with E-state index in [1.54, 1.807) is 6.92 Å². The lowest BCUT2D eigenvalue weighted by Gasteiger charge is -2.10. The number of hydrogen-bond acceptors (Lipinski definition) is 3. The molecular formula is C21H24N2O2. The number of ether oxygens (including phenoxy) is 1. The van der Waals surface area contributed by atoms with Crippen LogP contribution in [0.3, 0.4) is 0 Å². The van der Waals surface area contributed by atoms with Crippen molar-refractivity contribution in [2.75, 3.05) is 27.2 Å². The molecule has 2 aromatic carbocycles. The van der Waals surface area contributed by atoms with Crippen LogP contribution in [0.2, 0.25) is 0 Å². The lowest BCUT2D eigenvalue weighted by molar-refractivity contribution is 0.101. The smallest absolute Gasteiger partial charge is 0.159 e. The number of rotatable bonds is 7. The van der Waals surface area contributed by atoms with Gasteiger partial charge in [0, 0.05) is 28.7 Å². The number of hydrogen-bond donors (Lipinski definition) is 1. The quantitative estimate of drug-likeness (QED) is 0.515. The third-order valence-corrected chi connectivity index (χ3v) is 4.21. The second kappa shape index (κ2) is 7.53. The highest BCUT2D eigenvalue weighted by Gasteiger charge is 2.06. The van der Waals surface area contributed by atoms with Gasteiger partial charge in [-0.3, -0.25) is 4.79 Å². The summed E-state index contributed by atoms with van der Waals surface area (Å²) in [4.78, 5) is 17.1. The van der Waals surface area contributed by atoms with E-state index in [1.165, 1.54) is 0 Å². The molecule has 0 aliphatic carbocycles. The summed E-state index contributed by atoms with van der Waals surface area (Å²) in [5.74, 6) is 0.970. The predicted octanol–water partition coefficient (Wildman–Crippen LogP) is 4.37. The van der Waals surface area contributed by atoms with E-state index in [2.05, 4.69) is 42.2 Å². The highest BCUT2D eigenvalue weighted by atomic mass is 16.5. The largest absolute Gasteiger partial charge is 0.494 e. The molecule has 0 atom stereocenters. The minimum absolute atomic E-state index is 0.0837. The molecule has 0 unspecified atom stereocenters. The first kappa shape index (κ1) is 17.2. The van der Waals surface area contributed by atoms with E-state index < -0.39 is 0 Å². The lowest BCUT2D eigenvalue weighted by atomic mass is 10.1. The Balaban J connectivity index is 1.71. The Hall–Kier alpha value is -2.59. The van der Waals surface area contributed by atoms with Crippen molar-refractivity contribution in [1.29, 1.82) is 0 Å². The second-order valence-electron chi connectivity index (χ2n) is 6.57. The maximum Gasteiger partial charge on any atom is 0.159 e. The van der Waals surface area contributed by atoms with E-state index in [4.69, 9.17) is 4.74 Å². The molecule has 130 valence electrons. The van der Waals surface area contributed by atoms with Gasteiger partial charge in [0.1, 0.15) is 5.75 Å². The highest BCUT2D eigenvalue weighted by molar-refractivity contribution is 5.98. The number of ketones is 1. The van der Waals surface area contributed by atoms with Crippen LogP contribution in [0.15, 0.2) is 48.5 Å². The number of carbonyl (C=O) groups is 1. The summed E-state index contributed by atoms with van der Waals surface area (Å²) < 4.78 is 5.77. The maximum atomic E-state index is 11.5. The number of aromatic nitrogens is 1. The number of Topliss-reactive ketones (excluding diaryl/α,β-unsaturated/α-hetero) is 1. The van der Waals surface area contributed by atoms with Gasteiger partial charge in [-0.15, -0.1) is 0 Å². The number of fused-ring (bicyclic) bond motifs is 1. The molecule has 0 spiro atoms. The van der Waals surface area contributed by atoms with Gasteiger partial charge >= 0.3 is 0 Å². The summed E-state index contributed by atoms with van der Waals surface area (Å²) in [5.41, 5.74) is 3.90. The molecule has 4 nitrogen and oxygen atoms in total. The van der Waals surface area contributed by atoms with E-state index in [1.807, 2.05) is 30.3 Å². The molecule has 0 saturated carbocycles. The van der Waals surface area contributed by atoms with Crippen LogP contribution in [0.1, 0.15) is 23.7 Å². The molecule has 1 N–H and O–H groups in total. The molecule has 0 aliphatic heterocycles. The van der Waals surface area contributed by atoms with Crippen LogP contribution in [0.4, 0.5) is 0 Å². The van der Waals surface area contributed by atoms with E-state index in [0.717, 1.165) is 53.0 Å². The van der Waals surface area contributed by atoms with Gasteiger partial charge < -0.3 is 14.6 Å². The molecule has 0 saturated heterocycles. The van der Waals surface area contributed by atoms with Gasteiger partial charge in [-0.1, -0.05) is 0 Å². The fraction of sp³-hybridized carbons (Fsp3) is 0.286. The zero-order chi connectivity index (χ0) is 17.8. The van der Waals surface area contributed by atoms with Crippen LogP contribution in [0.25, 0.3) is 22.2 Å². The molecule has 3 rings (SSSR count). The number of nitrogens with one attached hydrogen (secondary N) is 1. The molecule has 25 heavy (non-hydrogen) atoms. The molecule has 0 amide bonds. The minimum atomic E-state index is 0.0837. The third kappa shape index (κ3) is 4.28. The Kier molecular flexibility index (Phi) is 5.19. The van der Waals surface area contributed by atoms with Crippen LogP contribution in [0, 0.1) is 0 Å². The van der Waals surface area contributed by atoms with Crippen LogP contribution in [0.5, 0.6) is 5.75 Å². The Labute approximate surface area is 148 Å². The zero-order valence-electron chi connectivity index (χ0n) is 15.0. The monoisotopic (exact) mass is 336 g/mol. The molecule has 1 heterocycles. The number of H-pyrrole nitrogens is 1. The summed E-state index contributed by atoms with van der Waals surface area (Å²) in [6, 6.07) is 15.9. The molecule has 1 aromatic heterocycles. The standard InChI is InChI=1S/C21H24N2O2/c1-15(24)17-7-10-20-18(13-17)14-21(22-20)16-5-8-19(9-6-16)25-12-4-11-23(2)3/h5-10,13-14,22H,4,11-12H2,1-3H3. The topological polar surface area (TPSA) is 45.3 Å². The number of aromatic amines is 1. The van der Waals surface area contributed by atoms with Crippen molar-refractivity contribution < 1.29 is 9.53 Å². The first-order valence-corrected chi connectivity index (χ1v) is 8.54. The molecule has 0 aliphatic rings. The summed E-state index contributed by atoms with van der Waals surface area (Å²) >= 11 is 0. The van der Waals surface area contributed by atoms with Gasteiger partial charge in [0.05, 0.1) is 6.61 Å². The Morgan fingerprint density at radius 2 is 1.84 bits per heavy atom. The van der Waals surface area contributed by atoms with Gasteiger partial charge in [-0.25, -0.2) is 0 Å². The first-order valence-electron chi connectivity index (χ1n) is 8.54. The van der Waals surface area contributed by atoms with Crippen molar-refractivity contribution in [2.24, 2.45) is 0 Å². The minimum Gasteiger partial charge on any atom is -0.494 e. The zero-order valence-corrected chi connectivity index (χ0v) is 15.0. The molecule has 0 fully saturated rings. The first-order chi connectivity index (χ1) is 12.0. The molecular weight excluding hydrogens is 312 g/mol. The van der Waals surface area contributed by atoms with Crippen molar-refractivity contribution >= 4 is 16.7 Å². The average Bonchev–Trinajstić information content (AvgIpc) is 3.02. The van der Waals surface area contributed by atoms with E-state index >= 15 is 0 Å². The number of carbonyl (C=O) groups excluding carboxylic acids is 1. The molecule has 3 aromatic rings. The predicted molar refractivity (Wildman–Crippen MR) is 102 cm³/mol. The van der Waals surface area contributed by atoms with E-state index in [-0.39, 0.29) is 5.78 Å². The maximum absolute atomic E-state index is 11.5. The Morgan fingerprint density at radius 3 is 2.52 bits per heavy atom. The number of nitrogens with zero attached hydrogens (tertiary/aromatic N) is 1. The van der Waals surface area contributed by atoms with E-state index in [9.17, 15) is 4.79 Å². The molecule has 4 heteroatoms. The van der Waals surface area contributed by atoms with Gasteiger partial charge in [-0.2, -0.15) is 0 Å². The molecule has 0 bridgehead atoms. The SMILES string of the molecule is CC(=O)c1ccc2[nH]c(-c3ccc(OCCCN(C)C)cc3)cc2c1. The van der Waals surface area contributed by atoms with E-state index in [0.29, 0.717) is 0 Å². The fourth-order valence-electron chi connectivity index (χ4n) is 2.81. The Morgan fingerprint density at radius 1 is 1.08 bits per heavy atom. The Bertz CT molecular complexity index is 863. The average molecular weight is 336 g/mol. The van der Waals surface area contributed by atoms with Gasteiger partial charge in [0.25, 0.3) is 0 Å². The summed E-state index contributed by atoms with van der Waals surface area (Å²) in [5, 5.41) is 1.05. The fourth-order valence-corrected chi connectivity index (χ4v) is 2.81. The van der Waals surface area contributed by atoms with Crippen LogP contribution in [-0.2, 0) is 0 Å². The van der Waals surface area contributed by atoms with Gasteiger partial charge in [0.2, 0.25) is 0 Å². The highest BCUT2D eigenvalue weighted by Crippen LogP contribution is 2.26. The van der Waals surface area contributed by atoms with Crippen molar-refractivity contribution in [3.8, 4) is 17.0 Å². The van der Waals surface area contributed by atoms with Crippen LogP contribution in [-0.4, -0.2) is 42.9 Å². The molecule has 0 radical (unpaired) electrons. The van der Waals surface area contributed by atoms with Gasteiger partial charge in [-0.05, 0) is 81.5 Å². The van der Waals surface area contributed by atoms with Crippen molar-refractivity contribution in [1.82, 2.24) is 9.88 Å². The van der Waals surface area contributed by atoms with Crippen molar-refractivity contribution in [3.05, 3.63) is 54.1 Å². The summed E-state index contributed by atoms with van der Waals surface area (Å²) in [6.07, 6.45) is 1.01. The normalized spacial score (nSPS) is 11.2. The van der Waals surface area contributed by atoms with Crippen LogP contribution >= 0.6 is 0 Å². The van der Waals surface area contributed by atoms with Crippen LogP contribution < -0.4 is 4.74 Å². The van der Waals surface area contributed by atoms with Crippen molar-refractivity contribution in [3.63, 3.8) is 0 Å². The summed E-state index contributed by atoms with van der Waals surface area (Å²) in [7, 11) is 4.13. The van der Waals surface area contributed by atoms with Crippen molar-refractivity contribution in [2.45, 2.75) is 13.3 Å². The second-order valence-corrected chi connectivity index (χ2v) is 6.57.